The summed E-state index contributed by atoms with van der Waals surface area (Å²) in [6, 6.07) is 11.0. The number of likely N-dealkylation sites (tertiary alicyclic amines) is 1. The topological polar surface area (TPSA) is 72.0 Å². The van der Waals surface area contributed by atoms with E-state index in [4.69, 9.17) is 9.47 Å². The standard InChI is InChI=1S/C22H25N3O4/c1-28-19-5-2-4-17(13-19)25-14-16(12-21(25)26)22(27)24-11-3-6-20(15-24)29-18-7-9-23-10-8-18/h2,4-5,7-10,13,16,20H,3,6,11-12,14-15H2,1H3. The van der Waals surface area contributed by atoms with Crippen LogP contribution in [-0.2, 0) is 9.59 Å². The lowest BCUT2D eigenvalue weighted by Crippen LogP contribution is -2.47. The first-order chi connectivity index (χ1) is 14.1. The second-order valence-corrected chi connectivity index (χ2v) is 7.46. The van der Waals surface area contributed by atoms with Crippen LogP contribution in [-0.4, -0.2) is 54.5 Å². The highest BCUT2D eigenvalue weighted by molar-refractivity contribution is 6.00. The van der Waals surface area contributed by atoms with Crippen molar-refractivity contribution in [1.82, 2.24) is 9.88 Å². The number of ether oxygens (including phenoxy) is 2. The molecule has 152 valence electrons. The van der Waals surface area contributed by atoms with Crippen LogP contribution in [0.1, 0.15) is 19.3 Å². The lowest BCUT2D eigenvalue weighted by atomic mass is 10.0. The summed E-state index contributed by atoms with van der Waals surface area (Å²) in [5.74, 6) is 1.13. The van der Waals surface area contributed by atoms with Crippen LogP contribution >= 0.6 is 0 Å². The zero-order valence-corrected chi connectivity index (χ0v) is 16.5. The van der Waals surface area contributed by atoms with Crippen LogP contribution in [0.15, 0.2) is 48.8 Å². The number of carbonyl (C=O) groups excluding carboxylic acids is 2. The van der Waals surface area contributed by atoms with Gasteiger partial charge >= 0.3 is 0 Å². The SMILES string of the molecule is COc1cccc(N2CC(C(=O)N3CCCC(Oc4ccncc4)C3)CC2=O)c1. The third-order valence-electron chi connectivity index (χ3n) is 5.48. The third-order valence-corrected chi connectivity index (χ3v) is 5.48. The molecule has 4 rings (SSSR count). The van der Waals surface area contributed by atoms with E-state index in [0.29, 0.717) is 25.4 Å². The van der Waals surface area contributed by atoms with Crippen molar-refractivity contribution < 1.29 is 19.1 Å². The highest BCUT2D eigenvalue weighted by Gasteiger charge is 2.38. The lowest BCUT2D eigenvalue weighted by Gasteiger charge is -2.34. The van der Waals surface area contributed by atoms with Gasteiger partial charge in [-0.1, -0.05) is 6.07 Å². The van der Waals surface area contributed by atoms with E-state index in [-0.39, 0.29) is 30.3 Å². The first-order valence-electron chi connectivity index (χ1n) is 9.94. The summed E-state index contributed by atoms with van der Waals surface area (Å²) in [5, 5.41) is 0. The van der Waals surface area contributed by atoms with E-state index in [2.05, 4.69) is 4.98 Å². The summed E-state index contributed by atoms with van der Waals surface area (Å²) in [4.78, 5) is 33.2. The van der Waals surface area contributed by atoms with Crippen molar-refractivity contribution in [2.75, 3.05) is 31.6 Å². The second kappa shape index (κ2) is 8.51. The lowest BCUT2D eigenvalue weighted by molar-refractivity contribution is -0.138. The first-order valence-corrected chi connectivity index (χ1v) is 9.94. The molecule has 7 heteroatoms. The van der Waals surface area contributed by atoms with Crippen molar-refractivity contribution in [2.45, 2.75) is 25.4 Å². The van der Waals surface area contributed by atoms with Crippen molar-refractivity contribution >= 4 is 17.5 Å². The molecule has 0 spiro atoms. The number of hydrogen-bond donors (Lipinski definition) is 0. The molecule has 0 aliphatic carbocycles. The van der Waals surface area contributed by atoms with E-state index in [9.17, 15) is 9.59 Å². The van der Waals surface area contributed by atoms with Gasteiger partial charge in [-0.15, -0.1) is 0 Å². The molecule has 2 aromatic rings. The van der Waals surface area contributed by atoms with Crippen molar-refractivity contribution in [1.29, 1.82) is 0 Å². The molecule has 0 saturated carbocycles. The van der Waals surface area contributed by atoms with Crippen LogP contribution in [0.4, 0.5) is 5.69 Å². The maximum Gasteiger partial charge on any atom is 0.228 e. The zero-order chi connectivity index (χ0) is 20.2. The third kappa shape index (κ3) is 4.34. The molecule has 2 unspecified atom stereocenters. The number of anilines is 1. The Morgan fingerprint density at radius 1 is 1.14 bits per heavy atom. The molecule has 0 radical (unpaired) electrons. The molecule has 3 heterocycles. The van der Waals surface area contributed by atoms with Crippen molar-refractivity contribution in [2.24, 2.45) is 5.92 Å². The molecule has 2 atom stereocenters. The fourth-order valence-corrected chi connectivity index (χ4v) is 4.00. The van der Waals surface area contributed by atoms with Crippen LogP contribution in [0.2, 0.25) is 0 Å². The Kier molecular flexibility index (Phi) is 5.64. The summed E-state index contributed by atoms with van der Waals surface area (Å²) in [5.41, 5.74) is 0.766. The van der Waals surface area contributed by atoms with Gasteiger partial charge in [0, 0.05) is 43.7 Å². The number of carbonyl (C=O) groups is 2. The predicted molar refractivity (Wildman–Crippen MR) is 108 cm³/mol. The Hall–Kier alpha value is -3.09. The zero-order valence-electron chi connectivity index (χ0n) is 16.5. The van der Waals surface area contributed by atoms with E-state index >= 15 is 0 Å². The van der Waals surface area contributed by atoms with Gasteiger partial charge in [-0.3, -0.25) is 14.6 Å². The molecule has 2 saturated heterocycles. The minimum Gasteiger partial charge on any atom is -0.497 e. The number of piperidine rings is 1. The van der Waals surface area contributed by atoms with Crippen LogP contribution in [0.5, 0.6) is 11.5 Å². The summed E-state index contributed by atoms with van der Waals surface area (Å²) in [6.07, 6.45) is 5.38. The quantitative estimate of drug-likeness (QED) is 0.778. The Morgan fingerprint density at radius 2 is 1.97 bits per heavy atom. The molecule has 1 aromatic carbocycles. The Bertz CT molecular complexity index is 873. The smallest absolute Gasteiger partial charge is 0.228 e. The van der Waals surface area contributed by atoms with Gasteiger partial charge in [0.15, 0.2) is 0 Å². The normalized spacial score (nSPS) is 21.9. The minimum absolute atomic E-state index is 0.0294. The number of pyridine rings is 1. The number of aromatic nitrogens is 1. The van der Waals surface area contributed by atoms with Crippen molar-refractivity contribution in [3.63, 3.8) is 0 Å². The highest BCUT2D eigenvalue weighted by atomic mass is 16.5. The number of benzene rings is 1. The van der Waals surface area contributed by atoms with Gasteiger partial charge in [0.2, 0.25) is 11.8 Å². The highest BCUT2D eigenvalue weighted by Crippen LogP contribution is 2.29. The first kappa shape index (κ1) is 19.2. The average Bonchev–Trinajstić information content (AvgIpc) is 3.16. The summed E-state index contributed by atoms with van der Waals surface area (Å²) in [7, 11) is 1.60. The molecular weight excluding hydrogens is 370 g/mol. The number of methoxy groups -OCH3 is 1. The predicted octanol–water partition coefficient (Wildman–Crippen LogP) is 2.51. The Balaban J connectivity index is 1.39. The van der Waals surface area contributed by atoms with Gasteiger partial charge in [-0.05, 0) is 37.1 Å². The van der Waals surface area contributed by atoms with Crippen LogP contribution in [0.3, 0.4) is 0 Å². The Labute approximate surface area is 170 Å². The van der Waals surface area contributed by atoms with Gasteiger partial charge < -0.3 is 19.3 Å². The van der Waals surface area contributed by atoms with Gasteiger partial charge in [-0.2, -0.15) is 0 Å². The second-order valence-electron chi connectivity index (χ2n) is 7.46. The van der Waals surface area contributed by atoms with Crippen LogP contribution in [0, 0.1) is 5.92 Å². The molecule has 0 bridgehead atoms. The van der Waals surface area contributed by atoms with Gasteiger partial charge in [-0.25, -0.2) is 0 Å². The number of hydrogen-bond acceptors (Lipinski definition) is 5. The molecule has 29 heavy (non-hydrogen) atoms. The minimum atomic E-state index is -0.326. The monoisotopic (exact) mass is 395 g/mol. The average molecular weight is 395 g/mol. The van der Waals surface area contributed by atoms with Crippen molar-refractivity contribution in [3.8, 4) is 11.5 Å². The van der Waals surface area contributed by atoms with Crippen LogP contribution in [0.25, 0.3) is 0 Å². The Morgan fingerprint density at radius 3 is 2.76 bits per heavy atom. The van der Waals surface area contributed by atoms with E-state index in [1.807, 2.05) is 41.3 Å². The number of amides is 2. The molecule has 2 aliphatic heterocycles. The molecule has 7 nitrogen and oxygen atoms in total. The molecule has 2 aliphatic rings. The molecule has 0 N–H and O–H groups in total. The summed E-state index contributed by atoms with van der Waals surface area (Å²) in [6.45, 7) is 1.65. The largest absolute Gasteiger partial charge is 0.497 e. The summed E-state index contributed by atoms with van der Waals surface area (Å²) >= 11 is 0. The van der Waals surface area contributed by atoms with E-state index in [0.717, 1.165) is 24.3 Å². The van der Waals surface area contributed by atoms with E-state index in [1.54, 1.807) is 24.4 Å². The van der Waals surface area contributed by atoms with E-state index in [1.165, 1.54) is 0 Å². The van der Waals surface area contributed by atoms with Gasteiger partial charge in [0.05, 0.1) is 19.6 Å². The molecular formula is C22H25N3O4. The fourth-order valence-electron chi connectivity index (χ4n) is 4.00. The van der Waals surface area contributed by atoms with Crippen molar-refractivity contribution in [3.05, 3.63) is 48.8 Å². The number of rotatable bonds is 5. The number of nitrogens with zero attached hydrogens (tertiary/aromatic N) is 3. The maximum absolute atomic E-state index is 13.1. The molecule has 1 aromatic heterocycles. The van der Waals surface area contributed by atoms with Crippen LogP contribution < -0.4 is 14.4 Å². The summed E-state index contributed by atoms with van der Waals surface area (Å²) < 4.78 is 11.3. The van der Waals surface area contributed by atoms with E-state index < -0.39 is 0 Å². The van der Waals surface area contributed by atoms with Gasteiger partial charge in [0.25, 0.3) is 0 Å². The maximum atomic E-state index is 13.1. The molecule has 2 amide bonds. The van der Waals surface area contributed by atoms with Gasteiger partial charge in [0.1, 0.15) is 17.6 Å². The fraction of sp³-hybridized carbons (Fsp3) is 0.409. The molecule has 2 fully saturated rings.